The van der Waals surface area contributed by atoms with Crippen molar-refractivity contribution in [3.8, 4) is 0 Å². The first-order valence-corrected chi connectivity index (χ1v) is 10.6. The molecule has 3 aromatic carbocycles. The number of likely N-dealkylation sites (tertiary alicyclic amines) is 1. The first-order valence-electron chi connectivity index (χ1n) is 10.6. The minimum Gasteiger partial charge on any atom is -0.341 e. The highest BCUT2D eigenvalue weighted by Crippen LogP contribution is 2.20. The van der Waals surface area contributed by atoms with Crippen molar-refractivity contribution in [2.24, 2.45) is 15.9 Å². The van der Waals surface area contributed by atoms with Crippen LogP contribution in [-0.2, 0) is 0 Å². The van der Waals surface area contributed by atoms with E-state index in [0.717, 1.165) is 60.6 Å². The zero-order valence-corrected chi connectivity index (χ0v) is 17.4. The van der Waals surface area contributed by atoms with Crippen LogP contribution in [-0.4, -0.2) is 29.8 Å². The van der Waals surface area contributed by atoms with Crippen molar-refractivity contribution < 1.29 is 0 Å². The molecule has 4 rings (SSSR count). The van der Waals surface area contributed by atoms with Gasteiger partial charge < -0.3 is 10.2 Å². The van der Waals surface area contributed by atoms with Gasteiger partial charge in [0, 0.05) is 24.3 Å². The third-order valence-electron chi connectivity index (χ3n) is 5.35. The van der Waals surface area contributed by atoms with Crippen molar-refractivity contribution in [2.45, 2.75) is 19.8 Å². The Kier molecular flexibility index (Phi) is 6.55. The highest BCUT2D eigenvalue weighted by molar-refractivity contribution is 6.13. The lowest BCUT2D eigenvalue weighted by Crippen LogP contribution is -2.38. The molecule has 4 nitrogen and oxygen atoms in total. The molecule has 0 radical (unpaired) electrons. The summed E-state index contributed by atoms with van der Waals surface area (Å²) >= 11 is 0. The van der Waals surface area contributed by atoms with Gasteiger partial charge in [0.1, 0.15) is 5.84 Å². The van der Waals surface area contributed by atoms with Crippen molar-refractivity contribution in [3.63, 3.8) is 0 Å². The van der Waals surface area contributed by atoms with Gasteiger partial charge in [0.2, 0.25) is 5.96 Å². The largest absolute Gasteiger partial charge is 0.341 e. The molecule has 4 heteroatoms. The predicted octanol–water partition coefficient (Wildman–Crippen LogP) is 5.96. The number of nitrogens with one attached hydrogen (secondary N) is 1. The molecule has 0 saturated carbocycles. The summed E-state index contributed by atoms with van der Waals surface area (Å²) in [5, 5.41) is 3.50. The molecule has 30 heavy (non-hydrogen) atoms. The van der Waals surface area contributed by atoms with Crippen LogP contribution in [0.4, 0.5) is 11.4 Å². The molecule has 1 aliphatic heterocycles. The van der Waals surface area contributed by atoms with E-state index in [1.165, 1.54) is 0 Å². The van der Waals surface area contributed by atoms with E-state index in [4.69, 9.17) is 9.98 Å². The fourth-order valence-corrected chi connectivity index (χ4v) is 3.51. The predicted molar refractivity (Wildman–Crippen MR) is 127 cm³/mol. The summed E-state index contributed by atoms with van der Waals surface area (Å²) < 4.78 is 0. The second kappa shape index (κ2) is 9.88. The number of rotatable bonds is 3. The fourth-order valence-electron chi connectivity index (χ4n) is 3.51. The zero-order chi connectivity index (χ0) is 20.6. The molecule has 1 saturated heterocycles. The fraction of sp³-hybridized carbons (Fsp3) is 0.231. The summed E-state index contributed by atoms with van der Waals surface area (Å²) in [6.07, 6.45) is 2.33. The standard InChI is InChI=1S/C26H28N4/c1-21-17-19-30(20-18-21)26(28-24-15-9-4-10-16-24)29-25(22-11-5-2-6-12-22)27-23-13-7-3-8-14-23/h2-16,21H,17-20H2,1H3,(H,27,28,29). The number of guanidine groups is 1. The van der Waals surface area contributed by atoms with Crippen LogP contribution >= 0.6 is 0 Å². The van der Waals surface area contributed by atoms with Gasteiger partial charge in [0.25, 0.3) is 0 Å². The highest BCUT2D eigenvalue weighted by atomic mass is 15.3. The van der Waals surface area contributed by atoms with E-state index in [9.17, 15) is 0 Å². The Morgan fingerprint density at radius 1 is 0.800 bits per heavy atom. The molecule has 152 valence electrons. The van der Waals surface area contributed by atoms with E-state index < -0.39 is 0 Å². The molecule has 0 atom stereocenters. The Balaban J connectivity index is 1.74. The van der Waals surface area contributed by atoms with Gasteiger partial charge in [0.15, 0.2) is 0 Å². The van der Waals surface area contributed by atoms with Gasteiger partial charge in [-0.15, -0.1) is 0 Å². The van der Waals surface area contributed by atoms with Crippen molar-refractivity contribution in [1.29, 1.82) is 0 Å². The highest BCUT2D eigenvalue weighted by Gasteiger charge is 2.20. The van der Waals surface area contributed by atoms with Gasteiger partial charge in [-0.05, 0) is 43.0 Å². The zero-order valence-electron chi connectivity index (χ0n) is 17.4. The number of para-hydroxylation sites is 2. The molecule has 0 aromatic heterocycles. The Hall–Kier alpha value is -3.40. The molecule has 1 aliphatic rings. The third kappa shape index (κ3) is 5.35. The van der Waals surface area contributed by atoms with Gasteiger partial charge in [-0.1, -0.05) is 73.7 Å². The molecule has 1 fully saturated rings. The lowest BCUT2D eigenvalue weighted by molar-refractivity contribution is 0.278. The molecule has 1 heterocycles. The topological polar surface area (TPSA) is 40.0 Å². The minimum absolute atomic E-state index is 0.749. The first kappa shape index (κ1) is 19.9. The number of hydrogen-bond acceptors (Lipinski definition) is 1. The number of amidine groups is 1. The van der Waals surface area contributed by atoms with Gasteiger partial charge >= 0.3 is 0 Å². The van der Waals surface area contributed by atoms with Gasteiger partial charge in [0.05, 0.1) is 5.69 Å². The summed E-state index contributed by atoms with van der Waals surface area (Å²) in [4.78, 5) is 12.3. The summed E-state index contributed by atoms with van der Waals surface area (Å²) in [5.41, 5.74) is 2.96. The number of nitrogens with zero attached hydrogens (tertiary/aromatic N) is 3. The summed E-state index contributed by atoms with van der Waals surface area (Å²) in [5.74, 6) is 2.31. The quantitative estimate of drug-likeness (QED) is 0.438. The number of hydrogen-bond donors (Lipinski definition) is 1. The summed E-state index contributed by atoms with van der Waals surface area (Å²) in [7, 11) is 0. The lowest BCUT2D eigenvalue weighted by atomic mass is 10.00. The van der Waals surface area contributed by atoms with Crippen molar-refractivity contribution in [2.75, 3.05) is 18.4 Å². The van der Waals surface area contributed by atoms with E-state index in [-0.39, 0.29) is 0 Å². The minimum atomic E-state index is 0.749. The summed E-state index contributed by atoms with van der Waals surface area (Å²) in [6, 6.07) is 30.5. The normalized spacial score (nSPS) is 15.8. The van der Waals surface area contributed by atoms with Crippen LogP contribution in [0.1, 0.15) is 25.3 Å². The monoisotopic (exact) mass is 396 g/mol. The molecule has 0 bridgehead atoms. The Morgan fingerprint density at radius 2 is 1.37 bits per heavy atom. The maximum absolute atomic E-state index is 5.07. The van der Waals surface area contributed by atoms with Crippen LogP contribution in [0, 0.1) is 5.92 Å². The molecular weight excluding hydrogens is 368 g/mol. The molecule has 1 N–H and O–H groups in total. The van der Waals surface area contributed by atoms with Crippen LogP contribution in [0.2, 0.25) is 0 Å². The average Bonchev–Trinajstić information content (AvgIpc) is 2.81. The number of anilines is 1. The molecular formula is C26H28N4. The van der Waals surface area contributed by atoms with Gasteiger partial charge in [-0.3, -0.25) is 0 Å². The maximum atomic E-state index is 5.07. The van der Waals surface area contributed by atoms with Crippen LogP contribution in [0.3, 0.4) is 0 Å². The second-order valence-corrected chi connectivity index (χ2v) is 7.73. The van der Waals surface area contributed by atoms with E-state index >= 15 is 0 Å². The molecule has 3 aromatic rings. The first-order chi connectivity index (χ1) is 14.8. The van der Waals surface area contributed by atoms with Crippen LogP contribution < -0.4 is 5.32 Å². The van der Waals surface area contributed by atoms with E-state index in [2.05, 4.69) is 41.4 Å². The molecule has 0 spiro atoms. The SMILES string of the molecule is CC1CCN(C(N=C(Nc2ccccc2)c2ccccc2)=Nc2ccccc2)CC1. The Labute approximate surface area is 179 Å². The van der Waals surface area contributed by atoms with Crippen LogP contribution in [0.15, 0.2) is 101 Å². The molecule has 0 amide bonds. The lowest BCUT2D eigenvalue weighted by Gasteiger charge is -2.31. The number of piperidine rings is 1. The molecule has 0 aliphatic carbocycles. The van der Waals surface area contributed by atoms with E-state index in [1.807, 2.05) is 66.7 Å². The van der Waals surface area contributed by atoms with Crippen LogP contribution in [0.5, 0.6) is 0 Å². The average molecular weight is 397 g/mol. The van der Waals surface area contributed by atoms with Crippen molar-refractivity contribution >= 4 is 23.2 Å². The number of benzene rings is 3. The van der Waals surface area contributed by atoms with Gasteiger partial charge in [-0.2, -0.15) is 4.99 Å². The second-order valence-electron chi connectivity index (χ2n) is 7.73. The van der Waals surface area contributed by atoms with Gasteiger partial charge in [-0.25, -0.2) is 4.99 Å². The Bertz CT molecular complexity index is 973. The molecule has 0 unspecified atom stereocenters. The maximum Gasteiger partial charge on any atom is 0.227 e. The Morgan fingerprint density at radius 3 is 2.00 bits per heavy atom. The smallest absolute Gasteiger partial charge is 0.227 e. The third-order valence-corrected chi connectivity index (χ3v) is 5.35. The van der Waals surface area contributed by atoms with E-state index in [1.54, 1.807) is 0 Å². The van der Waals surface area contributed by atoms with Crippen LogP contribution in [0.25, 0.3) is 0 Å². The van der Waals surface area contributed by atoms with Crippen molar-refractivity contribution in [3.05, 3.63) is 96.6 Å². The summed E-state index contributed by atoms with van der Waals surface area (Å²) in [6.45, 7) is 4.27. The van der Waals surface area contributed by atoms with Crippen molar-refractivity contribution in [1.82, 2.24) is 4.90 Å². The number of aliphatic imine (C=N–C) groups is 2. The van der Waals surface area contributed by atoms with E-state index in [0.29, 0.717) is 0 Å².